The van der Waals surface area contributed by atoms with Gasteiger partial charge in [0.2, 0.25) is 0 Å². The summed E-state index contributed by atoms with van der Waals surface area (Å²) >= 11 is 1.10. The highest BCUT2D eigenvalue weighted by Crippen LogP contribution is 2.25. The summed E-state index contributed by atoms with van der Waals surface area (Å²) in [5.74, 6) is -0.655. The molecule has 0 unspecified atom stereocenters. The Labute approximate surface area is 121 Å². The van der Waals surface area contributed by atoms with Crippen molar-refractivity contribution < 1.29 is 31.9 Å². The molecule has 0 saturated carbocycles. The minimum atomic E-state index is -4.39. The van der Waals surface area contributed by atoms with Crippen molar-refractivity contribution in [2.45, 2.75) is 6.18 Å². The Morgan fingerprint density at radius 1 is 1.38 bits per heavy atom. The van der Waals surface area contributed by atoms with Gasteiger partial charge in [0.1, 0.15) is 29.4 Å². The van der Waals surface area contributed by atoms with Gasteiger partial charge in [-0.05, 0) is 6.07 Å². The van der Waals surface area contributed by atoms with Crippen molar-refractivity contribution >= 4 is 17.3 Å². The number of aromatic nitrogens is 1. The number of nitrogens with zero attached hydrogens (tertiary/aromatic N) is 1. The van der Waals surface area contributed by atoms with Crippen molar-refractivity contribution in [1.82, 2.24) is 4.98 Å². The summed E-state index contributed by atoms with van der Waals surface area (Å²) in [4.78, 5) is 15.9. The third-order valence-electron chi connectivity index (χ3n) is 2.20. The number of rotatable bonds is 6. The van der Waals surface area contributed by atoms with Crippen LogP contribution in [0.25, 0.3) is 10.6 Å². The molecule has 0 radical (unpaired) electrons. The predicted molar refractivity (Wildman–Crippen MR) is 67.0 cm³/mol. The lowest BCUT2D eigenvalue weighted by Gasteiger charge is -2.07. The van der Waals surface area contributed by atoms with Crippen LogP contribution in [0, 0.1) is 0 Å². The van der Waals surface area contributed by atoms with Crippen LogP contribution < -0.4 is 0 Å². The Balaban J connectivity index is 1.76. The number of hydrogen-bond acceptors (Lipinski definition) is 6. The van der Waals surface area contributed by atoms with E-state index >= 15 is 0 Å². The lowest BCUT2D eigenvalue weighted by Crippen LogP contribution is -2.19. The molecule has 0 amide bonds. The van der Waals surface area contributed by atoms with E-state index in [1.165, 1.54) is 18.7 Å². The van der Waals surface area contributed by atoms with Crippen LogP contribution in [0.15, 0.2) is 29.2 Å². The van der Waals surface area contributed by atoms with Gasteiger partial charge < -0.3 is 13.9 Å². The van der Waals surface area contributed by atoms with Crippen molar-refractivity contribution in [3.05, 3.63) is 29.7 Å². The number of alkyl halides is 3. The lowest BCUT2D eigenvalue weighted by molar-refractivity contribution is -0.175. The summed E-state index contributed by atoms with van der Waals surface area (Å²) < 4.78 is 49.4. The largest absolute Gasteiger partial charge is 0.472 e. The molecular formula is C12H10F3NO4S. The molecule has 0 N–H and O–H groups in total. The van der Waals surface area contributed by atoms with Gasteiger partial charge in [0.25, 0.3) is 0 Å². The first-order valence-corrected chi connectivity index (χ1v) is 6.57. The third-order valence-corrected chi connectivity index (χ3v) is 3.23. The molecule has 2 aromatic rings. The second-order valence-corrected chi connectivity index (χ2v) is 4.88. The Bertz CT molecular complexity index is 580. The van der Waals surface area contributed by atoms with E-state index in [0.29, 0.717) is 5.01 Å². The quantitative estimate of drug-likeness (QED) is 0.604. The minimum absolute atomic E-state index is 0.252. The maximum Gasteiger partial charge on any atom is 0.411 e. The molecular weight excluding hydrogens is 311 g/mol. The summed E-state index contributed by atoms with van der Waals surface area (Å²) in [6.45, 7) is -1.94. The van der Waals surface area contributed by atoms with Gasteiger partial charge >= 0.3 is 12.1 Å². The van der Waals surface area contributed by atoms with Crippen molar-refractivity contribution in [2.24, 2.45) is 0 Å². The fraction of sp³-hybridized carbons (Fsp3) is 0.333. The van der Waals surface area contributed by atoms with Crippen molar-refractivity contribution in [1.29, 1.82) is 0 Å². The highest BCUT2D eigenvalue weighted by molar-refractivity contribution is 7.16. The molecule has 114 valence electrons. The van der Waals surface area contributed by atoms with Crippen LogP contribution in [0.1, 0.15) is 9.67 Å². The predicted octanol–water partition coefficient (Wildman–Crippen LogP) is 3.14. The average molecular weight is 321 g/mol. The van der Waals surface area contributed by atoms with Crippen molar-refractivity contribution in [3.63, 3.8) is 0 Å². The summed E-state index contributed by atoms with van der Waals surface area (Å²) in [6, 6.07) is 1.69. The molecule has 2 heterocycles. The molecule has 21 heavy (non-hydrogen) atoms. The van der Waals surface area contributed by atoms with Gasteiger partial charge in [-0.3, -0.25) is 0 Å². The fourth-order valence-electron chi connectivity index (χ4n) is 1.34. The number of ether oxygens (including phenoxy) is 2. The summed E-state index contributed by atoms with van der Waals surface area (Å²) in [5.41, 5.74) is 0.729. The number of esters is 1. The fourth-order valence-corrected chi connectivity index (χ4v) is 2.14. The van der Waals surface area contributed by atoms with Crippen molar-refractivity contribution in [3.8, 4) is 10.6 Å². The maximum atomic E-state index is 11.8. The van der Waals surface area contributed by atoms with Gasteiger partial charge in [-0.2, -0.15) is 13.2 Å². The zero-order valence-electron chi connectivity index (χ0n) is 10.6. The number of halogens is 3. The number of thiazole rings is 1. The molecule has 9 heteroatoms. The second kappa shape index (κ2) is 6.72. The molecule has 0 atom stereocenters. The van der Waals surface area contributed by atoms with Crippen LogP contribution in [0.4, 0.5) is 13.2 Å². The maximum absolute atomic E-state index is 11.8. The van der Waals surface area contributed by atoms with Crippen LogP contribution in [-0.2, 0) is 9.47 Å². The van der Waals surface area contributed by atoms with E-state index in [1.807, 2.05) is 0 Å². The van der Waals surface area contributed by atoms with Gasteiger partial charge in [0, 0.05) is 5.56 Å². The highest BCUT2D eigenvalue weighted by Gasteiger charge is 2.27. The van der Waals surface area contributed by atoms with E-state index in [9.17, 15) is 18.0 Å². The number of hydrogen-bond donors (Lipinski definition) is 0. The molecule has 0 aliphatic heterocycles. The molecule has 0 aromatic carbocycles. The van der Waals surface area contributed by atoms with Gasteiger partial charge in [-0.25, -0.2) is 9.78 Å². The second-order valence-electron chi connectivity index (χ2n) is 3.85. The lowest BCUT2D eigenvalue weighted by atomic mass is 10.4. The standard InChI is InChI=1S/C12H10F3NO4S/c13-12(14,15)7-19-3-4-20-11(17)9-5-16-10(21-9)8-1-2-18-6-8/h1-2,5-6H,3-4,7H2. The molecule has 0 saturated heterocycles. The Kier molecular flexibility index (Phi) is 4.97. The van der Waals surface area contributed by atoms with Gasteiger partial charge in [-0.15, -0.1) is 11.3 Å². The van der Waals surface area contributed by atoms with E-state index in [-0.39, 0.29) is 18.1 Å². The number of carbonyl (C=O) groups excluding carboxylic acids is 1. The van der Waals surface area contributed by atoms with Gasteiger partial charge in [0.15, 0.2) is 0 Å². The van der Waals surface area contributed by atoms with E-state index in [2.05, 4.69) is 9.72 Å². The monoisotopic (exact) mass is 321 g/mol. The first-order valence-electron chi connectivity index (χ1n) is 5.76. The molecule has 5 nitrogen and oxygen atoms in total. The SMILES string of the molecule is O=C(OCCOCC(F)(F)F)c1cnc(-c2ccoc2)s1. The van der Waals surface area contributed by atoms with E-state index in [4.69, 9.17) is 9.15 Å². The van der Waals surface area contributed by atoms with Crippen molar-refractivity contribution in [2.75, 3.05) is 19.8 Å². The Morgan fingerprint density at radius 3 is 2.86 bits per heavy atom. The average Bonchev–Trinajstić information content (AvgIpc) is 3.07. The Morgan fingerprint density at radius 2 is 2.19 bits per heavy atom. The number of carbonyl (C=O) groups is 1. The van der Waals surface area contributed by atoms with E-state index < -0.39 is 18.8 Å². The minimum Gasteiger partial charge on any atom is -0.472 e. The normalized spacial score (nSPS) is 11.6. The molecule has 0 spiro atoms. The molecule has 0 bridgehead atoms. The first kappa shape index (κ1) is 15.5. The highest BCUT2D eigenvalue weighted by atomic mass is 32.1. The molecule has 0 aliphatic carbocycles. The Hall–Kier alpha value is -1.87. The zero-order chi connectivity index (χ0) is 15.3. The molecule has 2 rings (SSSR count). The number of furan rings is 1. The van der Waals surface area contributed by atoms with E-state index in [0.717, 1.165) is 16.9 Å². The zero-order valence-corrected chi connectivity index (χ0v) is 11.4. The summed E-state index contributed by atoms with van der Waals surface area (Å²) in [6.07, 6.45) is -0.0846. The molecule has 0 aliphatic rings. The summed E-state index contributed by atoms with van der Waals surface area (Å²) in [5, 5.41) is 0.587. The van der Waals surface area contributed by atoms with Crippen LogP contribution in [-0.4, -0.2) is 37.0 Å². The van der Waals surface area contributed by atoms with Crippen LogP contribution >= 0.6 is 11.3 Å². The van der Waals surface area contributed by atoms with Crippen LogP contribution in [0.3, 0.4) is 0 Å². The molecule has 2 aromatic heterocycles. The first-order chi connectivity index (χ1) is 9.96. The van der Waals surface area contributed by atoms with Gasteiger partial charge in [0.05, 0.1) is 19.1 Å². The van der Waals surface area contributed by atoms with E-state index in [1.54, 1.807) is 6.07 Å². The smallest absolute Gasteiger partial charge is 0.411 e. The molecule has 0 fully saturated rings. The van der Waals surface area contributed by atoms with Crippen LogP contribution in [0.5, 0.6) is 0 Å². The summed E-state index contributed by atoms with van der Waals surface area (Å²) in [7, 11) is 0. The topological polar surface area (TPSA) is 61.6 Å². The van der Waals surface area contributed by atoms with Crippen LogP contribution in [0.2, 0.25) is 0 Å². The van der Waals surface area contributed by atoms with Gasteiger partial charge in [-0.1, -0.05) is 0 Å². The third kappa shape index (κ3) is 4.87.